The summed E-state index contributed by atoms with van der Waals surface area (Å²) in [6.07, 6.45) is 0. The molecule has 5 nitrogen and oxygen atoms in total. The molecule has 1 aromatic heterocycles. The lowest BCUT2D eigenvalue weighted by Crippen LogP contribution is -2.06. The number of rotatable bonds is 3. The lowest BCUT2D eigenvalue weighted by atomic mass is 10.2. The molecular formula is C11H8BrFN2O3. The fraction of sp³-hybridized carbons (Fsp3) is 0.182. The van der Waals surface area contributed by atoms with Crippen LogP contribution in [0.3, 0.4) is 0 Å². The summed E-state index contributed by atoms with van der Waals surface area (Å²) in [6, 6.07) is 4.00. The first-order chi connectivity index (χ1) is 8.61. The highest BCUT2D eigenvalue weighted by Crippen LogP contribution is 2.27. The van der Waals surface area contributed by atoms with Gasteiger partial charge in [-0.15, -0.1) is 0 Å². The van der Waals surface area contributed by atoms with E-state index in [1.54, 1.807) is 6.92 Å². The number of benzene rings is 1. The van der Waals surface area contributed by atoms with Crippen molar-refractivity contribution in [2.45, 2.75) is 6.92 Å². The Morgan fingerprint density at radius 2 is 2.33 bits per heavy atom. The number of hydrogen-bond acceptors (Lipinski definition) is 5. The molecule has 0 spiro atoms. The Bertz CT molecular complexity index is 585. The van der Waals surface area contributed by atoms with E-state index >= 15 is 0 Å². The molecule has 94 valence electrons. The van der Waals surface area contributed by atoms with Gasteiger partial charge in [0.25, 0.3) is 11.7 Å². The van der Waals surface area contributed by atoms with Crippen molar-refractivity contribution in [1.29, 1.82) is 0 Å². The number of carbonyl (C=O) groups is 1. The Hall–Kier alpha value is -1.76. The highest BCUT2D eigenvalue weighted by atomic mass is 79.9. The smallest absolute Gasteiger partial charge is 0.379 e. The van der Waals surface area contributed by atoms with Crippen LogP contribution in [-0.4, -0.2) is 22.7 Å². The van der Waals surface area contributed by atoms with Crippen LogP contribution in [0.5, 0.6) is 0 Å². The summed E-state index contributed by atoms with van der Waals surface area (Å²) < 4.78 is 23.0. The molecule has 0 radical (unpaired) electrons. The third-order valence-electron chi connectivity index (χ3n) is 2.05. The number of esters is 1. The second-order valence-corrected chi connectivity index (χ2v) is 4.12. The van der Waals surface area contributed by atoms with Gasteiger partial charge in [-0.2, -0.15) is 4.98 Å². The van der Waals surface area contributed by atoms with Crippen LogP contribution in [0.4, 0.5) is 4.39 Å². The number of aromatic nitrogens is 2. The van der Waals surface area contributed by atoms with Crippen LogP contribution in [0, 0.1) is 5.82 Å². The van der Waals surface area contributed by atoms with Gasteiger partial charge in [-0.3, -0.25) is 0 Å². The Morgan fingerprint density at radius 1 is 1.56 bits per heavy atom. The van der Waals surface area contributed by atoms with Gasteiger partial charge < -0.3 is 9.26 Å². The number of nitrogens with zero attached hydrogens (tertiary/aromatic N) is 2. The van der Waals surface area contributed by atoms with Gasteiger partial charge in [-0.05, 0) is 46.2 Å². The predicted molar refractivity (Wildman–Crippen MR) is 63.3 cm³/mol. The SMILES string of the molecule is CCOC(=O)c1noc(-c2ccc(F)cc2Br)n1. The zero-order valence-electron chi connectivity index (χ0n) is 9.31. The van der Waals surface area contributed by atoms with Crippen molar-refractivity contribution >= 4 is 21.9 Å². The second-order valence-electron chi connectivity index (χ2n) is 3.27. The van der Waals surface area contributed by atoms with Crippen molar-refractivity contribution in [3.8, 4) is 11.5 Å². The van der Waals surface area contributed by atoms with Crippen molar-refractivity contribution in [3.05, 3.63) is 34.3 Å². The molecule has 1 aromatic carbocycles. The number of ether oxygens (including phenoxy) is 1. The molecule has 18 heavy (non-hydrogen) atoms. The van der Waals surface area contributed by atoms with Crippen LogP contribution in [0.25, 0.3) is 11.5 Å². The van der Waals surface area contributed by atoms with Crippen molar-refractivity contribution < 1.29 is 18.4 Å². The summed E-state index contributed by atoms with van der Waals surface area (Å²) in [7, 11) is 0. The molecule has 0 fully saturated rings. The second kappa shape index (κ2) is 5.26. The quantitative estimate of drug-likeness (QED) is 0.815. The maximum atomic E-state index is 12.9. The van der Waals surface area contributed by atoms with E-state index in [2.05, 4.69) is 26.1 Å². The molecule has 0 saturated carbocycles. The Balaban J connectivity index is 2.32. The highest BCUT2D eigenvalue weighted by Gasteiger charge is 2.18. The van der Waals surface area contributed by atoms with E-state index in [4.69, 9.17) is 9.26 Å². The van der Waals surface area contributed by atoms with E-state index in [0.717, 1.165) is 0 Å². The van der Waals surface area contributed by atoms with Crippen molar-refractivity contribution in [2.24, 2.45) is 0 Å². The lowest BCUT2D eigenvalue weighted by Gasteiger charge is -1.98. The first-order valence-corrected chi connectivity index (χ1v) is 5.87. The molecule has 0 atom stereocenters. The van der Waals surface area contributed by atoms with Crippen molar-refractivity contribution in [2.75, 3.05) is 6.61 Å². The van der Waals surface area contributed by atoms with Gasteiger partial charge in [0.15, 0.2) is 0 Å². The zero-order valence-corrected chi connectivity index (χ0v) is 10.9. The van der Waals surface area contributed by atoms with Crippen LogP contribution in [-0.2, 0) is 4.74 Å². The van der Waals surface area contributed by atoms with Crippen LogP contribution < -0.4 is 0 Å². The third kappa shape index (κ3) is 2.56. The minimum absolute atomic E-state index is 0.116. The van der Waals surface area contributed by atoms with Crippen LogP contribution >= 0.6 is 15.9 Å². The summed E-state index contributed by atoms with van der Waals surface area (Å²) in [5, 5.41) is 3.50. The minimum Gasteiger partial charge on any atom is -0.460 e. The van der Waals surface area contributed by atoms with Crippen LogP contribution in [0.15, 0.2) is 27.2 Å². The van der Waals surface area contributed by atoms with Gasteiger partial charge >= 0.3 is 5.97 Å². The van der Waals surface area contributed by atoms with Gasteiger partial charge in [0.1, 0.15) is 5.82 Å². The molecule has 0 N–H and O–H groups in total. The Morgan fingerprint density at radius 3 is 3.00 bits per heavy atom. The van der Waals surface area contributed by atoms with E-state index < -0.39 is 11.8 Å². The van der Waals surface area contributed by atoms with Gasteiger partial charge in [-0.1, -0.05) is 0 Å². The topological polar surface area (TPSA) is 65.2 Å². The molecule has 0 saturated heterocycles. The number of halogens is 2. The molecule has 7 heteroatoms. The molecule has 0 aliphatic heterocycles. The summed E-state index contributed by atoms with van der Waals surface area (Å²) in [4.78, 5) is 15.2. The monoisotopic (exact) mass is 314 g/mol. The van der Waals surface area contributed by atoms with E-state index in [0.29, 0.717) is 10.0 Å². The molecular weight excluding hydrogens is 307 g/mol. The summed E-state index contributed by atoms with van der Waals surface area (Å²) in [6.45, 7) is 1.90. The first kappa shape index (κ1) is 12.7. The van der Waals surface area contributed by atoms with Gasteiger partial charge in [-0.25, -0.2) is 9.18 Å². The normalized spacial score (nSPS) is 10.4. The standard InChI is InChI=1S/C11H8BrFN2O3/c1-2-17-11(16)9-14-10(18-15-9)7-4-3-6(13)5-8(7)12/h3-5H,2H2,1H3. The maximum Gasteiger partial charge on any atom is 0.379 e. The van der Waals surface area contributed by atoms with Gasteiger partial charge in [0, 0.05) is 4.47 Å². The zero-order chi connectivity index (χ0) is 13.1. The molecule has 0 bridgehead atoms. The summed E-state index contributed by atoms with van der Waals surface area (Å²) in [5.41, 5.74) is 0.499. The average Bonchev–Trinajstić information content (AvgIpc) is 2.78. The first-order valence-electron chi connectivity index (χ1n) is 5.08. The molecule has 2 aromatic rings. The largest absolute Gasteiger partial charge is 0.460 e. The van der Waals surface area contributed by atoms with Gasteiger partial charge in [0.2, 0.25) is 0 Å². The van der Waals surface area contributed by atoms with Crippen LogP contribution in [0.2, 0.25) is 0 Å². The van der Waals surface area contributed by atoms with E-state index in [-0.39, 0.29) is 18.3 Å². The Kier molecular flexibility index (Phi) is 3.71. The molecule has 0 unspecified atom stereocenters. The minimum atomic E-state index is -0.661. The van der Waals surface area contributed by atoms with E-state index in [9.17, 15) is 9.18 Å². The Labute approximate surface area is 110 Å². The van der Waals surface area contributed by atoms with Crippen molar-refractivity contribution in [1.82, 2.24) is 10.1 Å². The lowest BCUT2D eigenvalue weighted by molar-refractivity contribution is 0.0508. The fourth-order valence-electron chi connectivity index (χ4n) is 1.27. The third-order valence-corrected chi connectivity index (χ3v) is 2.70. The molecule has 0 amide bonds. The van der Waals surface area contributed by atoms with Gasteiger partial charge in [0.05, 0.1) is 12.2 Å². The number of carbonyl (C=O) groups excluding carboxylic acids is 1. The van der Waals surface area contributed by atoms with E-state index in [1.807, 2.05) is 0 Å². The van der Waals surface area contributed by atoms with E-state index in [1.165, 1.54) is 18.2 Å². The van der Waals surface area contributed by atoms with Crippen molar-refractivity contribution in [3.63, 3.8) is 0 Å². The average molecular weight is 315 g/mol. The number of hydrogen-bond donors (Lipinski definition) is 0. The molecule has 1 heterocycles. The summed E-state index contributed by atoms with van der Waals surface area (Å²) >= 11 is 3.18. The summed E-state index contributed by atoms with van der Waals surface area (Å²) in [5.74, 6) is -1.10. The molecule has 2 rings (SSSR count). The maximum absolute atomic E-state index is 12.9. The molecule has 0 aliphatic rings. The molecule has 0 aliphatic carbocycles. The fourth-order valence-corrected chi connectivity index (χ4v) is 1.79. The highest BCUT2D eigenvalue weighted by molar-refractivity contribution is 9.10. The predicted octanol–water partition coefficient (Wildman–Crippen LogP) is 2.81. The van der Waals surface area contributed by atoms with Crippen LogP contribution in [0.1, 0.15) is 17.5 Å².